The molecule has 2 aromatic carbocycles. The molecule has 2 atom stereocenters. The molecule has 2 unspecified atom stereocenters. The molecule has 1 heterocycles. The van der Waals surface area contributed by atoms with E-state index in [1.807, 2.05) is 29.2 Å². The lowest BCUT2D eigenvalue weighted by molar-refractivity contribution is -0.129. The highest BCUT2D eigenvalue weighted by Gasteiger charge is 2.31. The van der Waals surface area contributed by atoms with Crippen molar-refractivity contribution in [1.82, 2.24) is 4.90 Å². The number of methoxy groups -OCH3 is 1. The molecule has 2 aliphatic rings. The first kappa shape index (κ1) is 20.3. The van der Waals surface area contributed by atoms with Gasteiger partial charge in [0.25, 0.3) is 0 Å². The number of rotatable bonds is 8. The first-order chi connectivity index (χ1) is 14.6. The normalized spacial score (nSPS) is 20.7. The van der Waals surface area contributed by atoms with Crippen LogP contribution < -0.4 is 10.1 Å². The Kier molecular flexibility index (Phi) is 6.26. The van der Waals surface area contributed by atoms with Gasteiger partial charge in [-0.25, -0.2) is 0 Å². The summed E-state index contributed by atoms with van der Waals surface area (Å²) in [6, 6.07) is 13.9. The molecule has 2 aromatic rings. The summed E-state index contributed by atoms with van der Waals surface area (Å²) in [7, 11) is 1.66. The summed E-state index contributed by atoms with van der Waals surface area (Å²) < 4.78 is 5.23. The Morgan fingerprint density at radius 3 is 2.67 bits per heavy atom. The summed E-state index contributed by atoms with van der Waals surface area (Å²) in [6.45, 7) is 1.38. The minimum Gasteiger partial charge on any atom is -0.506 e. The number of carbonyl (C=O) groups is 1. The molecular formula is C25H30N2O3. The van der Waals surface area contributed by atoms with Gasteiger partial charge >= 0.3 is 0 Å². The van der Waals surface area contributed by atoms with Gasteiger partial charge in [0.1, 0.15) is 11.5 Å². The summed E-state index contributed by atoms with van der Waals surface area (Å²) in [5.41, 5.74) is 2.98. The summed E-state index contributed by atoms with van der Waals surface area (Å²) in [4.78, 5) is 14.6. The summed E-state index contributed by atoms with van der Waals surface area (Å²) in [5, 5.41) is 13.6. The second kappa shape index (κ2) is 9.24. The van der Waals surface area contributed by atoms with Crippen molar-refractivity contribution in [2.24, 2.45) is 5.92 Å². The standard InChI is InChI=1S/C25H30N2O3/c1-30-22-10-6-18(7-11-22)14-21-9-13-25(29)27(21)17-20-8-12-24(28)23(15-20)26-16-19-4-2-3-5-19/h2,4,6-8,10-12,15,19,21,26,28H,3,5,9,13-14,16-17H2,1H3. The van der Waals surface area contributed by atoms with E-state index in [1.54, 1.807) is 13.2 Å². The molecule has 0 radical (unpaired) electrons. The van der Waals surface area contributed by atoms with E-state index in [-0.39, 0.29) is 17.7 Å². The van der Waals surface area contributed by atoms with Crippen molar-refractivity contribution in [3.63, 3.8) is 0 Å². The Balaban J connectivity index is 1.42. The van der Waals surface area contributed by atoms with Crippen LogP contribution in [0.5, 0.6) is 11.5 Å². The van der Waals surface area contributed by atoms with E-state index < -0.39 is 0 Å². The number of likely N-dealkylation sites (tertiary alicyclic amines) is 1. The zero-order valence-corrected chi connectivity index (χ0v) is 17.5. The molecule has 1 saturated heterocycles. The van der Waals surface area contributed by atoms with Crippen molar-refractivity contribution < 1.29 is 14.6 Å². The lowest BCUT2D eigenvalue weighted by Crippen LogP contribution is -2.33. The lowest BCUT2D eigenvalue weighted by atomic mass is 10.0. The summed E-state index contributed by atoms with van der Waals surface area (Å²) in [6.07, 6.45) is 9.05. The van der Waals surface area contributed by atoms with Crippen molar-refractivity contribution in [1.29, 1.82) is 0 Å². The molecule has 0 spiro atoms. The highest BCUT2D eigenvalue weighted by molar-refractivity contribution is 5.79. The van der Waals surface area contributed by atoms with Crippen molar-refractivity contribution in [2.45, 2.75) is 44.7 Å². The molecule has 0 aromatic heterocycles. The lowest BCUT2D eigenvalue weighted by Gasteiger charge is -2.25. The largest absolute Gasteiger partial charge is 0.506 e. The zero-order valence-electron chi connectivity index (χ0n) is 17.5. The molecule has 0 saturated carbocycles. The van der Waals surface area contributed by atoms with Crippen LogP contribution in [0.3, 0.4) is 0 Å². The fraction of sp³-hybridized carbons (Fsp3) is 0.400. The second-order valence-electron chi connectivity index (χ2n) is 8.26. The molecule has 2 N–H and O–H groups in total. The van der Waals surface area contributed by atoms with E-state index in [1.165, 1.54) is 5.56 Å². The number of nitrogens with zero attached hydrogens (tertiary/aromatic N) is 1. The van der Waals surface area contributed by atoms with Gasteiger partial charge in [-0.3, -0.25) is 4.79 Å². The fourth-order valence-corrected chi connectivity index (χ4v) is 4.38. The number of anilines is 1. The Hall–Kier alpha value is -2.95. The SMILES string of the molecule is COc1ccc(CC2CCC(=O)N2Cc2ccc(O)c(NCC3C=CCC3)c2)cc1. The molecule has 1 amide bonds. The number of nitrogens with one attached hydrogen (secondary N) is 1. The zero-order chi connectivity index (χ0) is 20.9. The summed E-state index contributed by atoms with van der Waals surface area (Å²) in [5.74, 6) is 1.81. The van der Waals surface area contributed by atoms with Gasteiger partial charge in [0.05, 0.1) is 12.8 Å². The maximum Gasteiger partial charge on any atom is 0.223 e. The number of hydrogen-bond acceptors (Lipinski definition) is 4. The maximum atomic E-state index is 12.6. The third kappa shape index (κ3) is 4.78. The van der Waals surface area contributed by atoms with Crippen molar-refractivity contribution >= 4 is 11.6 Å². The van der Waals surface area contributed by atoms with Gasteiger partial charge in [0, 0.05) is 25.6 Å². The van der Waals surface area contributed by atoms with Crippen LogP contribution >= 0.6 is 0 Å². The molecule has 158 valence electrons. The molecule has 30 heavy (non-hydrogen) atoms. The van der Waals surface area contributed by atoms with Crippen LogP contribution in [0, 0.1) is 5.92 Å². The second-order valence-corrected chi connectivity index (χ2v) is 8.26. The van der Waals surface area contributed by atoms with Gasteiger partial charge < -0.3 is 20.1 Å². The number of phenols is 1. The number of ether oxygens (including phenoxy) is 1. The van der Waals surface area contributed by atoms with Gasteiger partial charge in [-0.05, 0) is 67.0 Å². The van der Waals surface area contributed by atoms with Gasteiger partial charge in [-0.2, -0.15) is 0 Å². The molecule has 1 fully saturated rings. The Morgan fingerprint density at radius 1 is 1.13 bits per heavy atom. The first-order valence-electron chi connectivity index (χ1n) is 10.8. The number of amides is 1. The minimum absolute atomic E-state index is 0.194. The van der Waals surface area contributed by atoms with E-state index >= 15 is 0 Å². The third-order valence-corrected chi connectivity index (χ3v) is 6.16. The smallest absolute Gasteiger partial charge is 0.223 e. The number of phenolic OH excluding ortho intramolecular Hbond substituents is 1. The van der Waals surface area contributed by atoms with Gasteiger partial charge in [0.2, 0.25) is 5.91 Å². The highest BCUT2D eigenvalue weighted by atomic mass is 16.5. The molecule has 5 nitrogen and oxygen atoms in total. The number of allylic oxidation sites excluding steroid dienone is 1. The molecule has 4 rings (SSSR count). The molecular weight excluding hydrogens is 376 g/mol. The van der Waals surface area contributed by atoms with Crippen LogP contribution in [0.1, 0.15) is 36.8 Å². The molecule has 5 heteroatoms. The topological polar surface area (TPSA) is 61.8 Å². The van der Waals surface area contributed by atoms with E-state index in [0.717, 1.165) is 49.2 Å². The molecule has 0 bridgehead atoms. The fourth-order valence-electron chi connectivity index (χ4n) is 4.38. The van der Waals surface area contributed by atoms with E-state index in [0.29, 0.717) is 18.9 Å². The average molecular weight is 407 g/mol. The van der Waals surface area contributed by atoms with Crippen molar-refractivity contribution in [3.8, 4) is 11.5 Å². The Labute approximate surface area is 178 Å². The number of benzene rings is 2. The highest BCUT2D eigenvalue weighted by Crippen LogP contribution is 2.29. The van der Waals surface area contributed by atoms with Crippen LogP contribution in [0.4, 0.5) is 5.69 Å². The number of aromatic hydroxyl groups is 1. The Bertz CT molecular complexity index is 907. The van der Waals surface area contributed by atoms with Crippen LogP contribution in [0.2, 0.25) is 0 Å². The van der Waals surface area contributed by atoms with Crippen LogP contribution in [-0.4, -0.2) is 35.6 Å². The van der Waals surface area contributed by atoms with E-state index in [4.69, 9.17) is 4.74 Å². The van der Waals surface area contributed by atoms with Gasteiger partial charge in [-0.1, -0.05) is 30.4 Å². The Morgan fingerprint density at radius 2 is 1.93 bits per heavy atom. The van der Waals surface area contributed by atoms with Crippen LogP contribution in [-0.2, 0) is 17.8 Å². The van der Waals surface area contributed by atoms with Crippen LogP contribution in [0.25, 0.3) is 0 Å². The predicted octanol–water partition coefficient (Wildman–Crippen LogP) is 4.51. The van der Waals surface area contributed by atoms with Crippen LogP contribution in [0.15, 0.2) is 54.6 Å². The molecule has 1 aliphatic heterocycles. The quantitative estimate of drug-likeness (QED) is 0.500. The third-order valence-electron chi connectivity index (χ3n) is 6.16. The average Bonchev–Trinajstić information content (AvgIpc) is 3.40. The summed E-state index contributed by atoms with van der Waals surface area (Å²) >= 11 is 0. The van der Waals surface area contributed by atoms with E-state index in [2.05, 4.69) is 29.6 Å². The van der Waals surface area contributed by atoms with Gasteiger partial charge in [0.15, 0.2) is 0 Å². The minimum atomic E-state index is 0.194. The maximum absolute atomic E-state index is 12.6. The first-order valence-corrected chi connectivity index (χ1v) is 10.8. The van der Waals surface area contributed by atoms with E-state index in [9.17, 15) is 9.90 Å². The monoisotopic (exact) mass is 406 g/mol. The number of hydrogen-bond donors (Lipinski definition) is 2. The van der Waals surface area contributed by atoms with Crippen molar-refractivity contribution in [2.75, 3.05) is 19.0 Å². The molecule has 1 aliphatic carbocycles. The predicted molar refractivity (Wildman–Crippen MR) is 119 cm³/mol. The van der Waals surface area contributed by atoms with Crippen molar-refractivity contribution in [3.05, 3.63) is 65.7 Å². The van der Waals surface area contributed by atoms with Gasteiger partial charge in [-0.15, -0.1) is 0 Å². The number of carbonyl (C=O) groups excluding carboxylic acids is 1.